The van der Waals surface area contributed by atoms with Gasteiger partial charge in [0.1, 0.15) is 0 Å². The van der Waals surface area contributed by atoms with Crippen molar-refractivity contribution < 1.29 is 5.11 Å². The lowest BCUT2D eigenvalue weighted by atomic mass is 10.2. The van der Waals surface area contributed by atoms with Crippen molar-refractivity contribution in [1.82, 2.24) is 10.2 Å². The van der Waals surface area contributed by atoms with E-state index in [4.69, 9.17) is 0 Å². The second-order valence-electron chi connectivity index (χ2n) is 2.35. The summed E-state index contributed by atoms with van der Waals surface area (Å²) in [4.78, 5) is 0. The molecule has 0 aromatic carbocycles. The van der Waals surface area contributed by atoms with E-state index in [2.05, 4.69) is 20.4 Å². The van der Waals surface area contributed by atoms with Crippen LogP contribution in [0.2, 0.25) is 0 Å². The first-order valence-corrected chi connectivity index (χ1v) is 3.20. The zero-order valence-corrected chi connectivity index (χ0v) is 5.89. The van der Waals surface area contributed by atoms with Gasteiger partial charge in [-0.25, -0.2) is 0 Å². The quantitative estimate of drug-likeness (QED) is 0.596. The minimum absolute atomic E-state index is 0.420. The largest absolute Gasteiger partial charge is 0.366 e. The Morgan fingerprint density at radius 2 is 2.27 bits per heavy atom. The van der Waals surface area contributed by atoms with E-state index in [1.807, 2.05) is 0 Å². The van der Waals surface area contributed by atoms with Gasteiger partial charge < -0.3 is 5.11 Å². The van der Waals surface area contributed by atoms with Crippen LogP contribution in [0.5, 0.6) is 0 Å². The molecular formula is C6H6N4O. The van der Waals surface area contributed by atoms with Gasteiger partial charge in [0.15, 0.2) is 6.23 Å². The fourth-order valence-corrected chi connectivity index (χ4v) is 0.942. The van der Waals surface area contributed by atoms with Gasteiger partial charge in [-0.1, -0.05) is 0 Å². The zero-order chi connectivity index (χ0) is 7.84. The molecule has 1 N–H and O–H groups in total. The monoisotopic (exact) mass is 150 g/mol. The summed E-state index contributed by atoms with van der Waals surface area (Å²) in [6, 6.07) is 1.73. The van der Waals surface area contributed by atoms with Gasteiger partial charge in [-0.15, -0.1) is 15.3 Å². The van der Waals surface area contributed by atoms with E-state index in [0.29, 0.717) is 11.4 Å². The predicted molar refractivity (Wildman–Crippen MR) is 36.2 cm³/mol. The number of hydrogen-bond donors (Lipinski definition) is 1. The SMILES string of the molecule is Cc1cc2c(nn1)N=NC2O. The van der Waals surface area contributed by atoms with Crippen LogP contribution in [-0.4, -0.2) is 15.3 Å². The second kappa shape index (κ2) is 2.06. The van der Waals surface area contributed by atoms with Gasteiger partial charge in [0.25, 0.3) is 0 Å². The van der Waals surface area contributed by atoms with Crippen molar-refractivity contribution >= 4 is 5.82 Å². The maximum Gasteiger partial charge on any atom is 0.203 e. The van der Waals surface area contributed by atoms with Crippen LogP contribution in [0.1, 0.15) is 17.5 Å². The molecule has 0 fully saturated rings. The fraction of sp³-hybridized carbons (Fsp3) is 0.333. The number of hydrogen-bond acceptors (Lipinski definition) is 5. The Hall–Kier alpha value is -1.36. The van der Waals surface area contributed by atoms with Crippen LogP contribution in [0.25, 0.3) is 0 Å². The number of rotatable bonds is 0. The van der Waals surface area contributed by atoms with Gasteiger partial charge in [-0.3, -0.25) is 0 Å². The summed E-state index contributed by atoms with van der Waals surface area (Å²) in [6.07, 6.45) is -0.848. The molecule has 0 bridgehead atoms. The number of nitrogens with zero attached hydrogens (tertiary/aromatic N) is 4. The third kappa shape index (κ3) is 0.894. The third-order valence-corrected chi connectivity index (χ3v) is 1.47. The van der Waals surface area contributed by atoms with Crippen molar-refractivity contribution in [3.05, 3.63) is 17.3 Å². The average Bonchev–Trinajstić information content (AvgIpc) is 2.33. The van der Waals surface area contributed by atoms with E-state index in [9.17, 15) is 5.11 Å². The smallest absolute Gasteiger partial charge is 0.203 e. The Kier molecular flexibility index (Phi) is 1.19. The first-order valence-electron chi connectivity index (χ1n) is 3.20. The molecule has 0 spiro atoms. The lowest BCUT2D eigenvalue weighted by Gasteiger charge is -1.97. The maximum atomic E-state index is 9.18. The van der Waals surface area contributed by atoms with Crippen molar-refractivity contribution in [2.24, 2.45) is 10.2 Å². The molecule has 1 atom stereocenters. The first kappa shape index (κ1) is 6.36. The summed E-state index contributed by atoms with van der Waals surface area (Å²) in [6.45, 7) is 1.80. The molecule has 0 radical (unpaired) electrons. The lowest BCUT2D eigenvalue weighted by molar-refractivity contribution is 0.188. The predicted octanol–water partition coefficient (Wildman–Crippen LogP) is 0.873. The summed E-state index contributed by atoms with van der Waals surface area (Å²) in [5, 5.41) is 23.8. The normalized spacial score (nSPS) is 20.4. The molecule has 0 saturated carbocycles. The van der Waals surface area contributed by atoms with Gasteiger partial charge in [0, 0.05) is 0 Å². The van der Waals surface area contributed by atoms with E-state index < -0.39 is 6.23 Å². The van der Waals surface area contributed by atoms with Gasteiger partial charge in [-0.2, -0.15) is 5.10 Å². The average molecular weight is 150 g/mol. The van der Waals surface area contributed by atoms with Crippen LogP contribution in [0.3, 0.4) is 0 Å². The van der Waals surface area contributed by atoms with Gasteiger partial charge in [-0.05, 0) is 13.0 Å². The molecule has 1 unspecified atom stereocenters. The summed E-state index contributed by atoms with van der Waals surface area (Å²) in [5.74, 6) is 0.420. The zero-order valence-electron chi connectivity index (χ0n) is 5.89. The number of fused-ring (bicyclic) bond motifs is 1. The van der Waals surface area contributed by atoms with E-state index in [-0.39, 0.29) is 0 Å². The van der Waals surface area contributed by atoms with Crippen LogP contribution < -0.4 is 0 Å². The highest BCUT2D eigenvalue weighted by Gasteiger charge is 2.19. The highest BCUT2D eigenvalue weighted by Crippen LogP contribution is 2.30. The summed E-state index contributed by atoms with van der Waals surface area (Å²) in [7, 11) is 0. The number of aliphatic hydroxyl groups excluding tert-OH is 1. The van der Waals surface area contributed by atoms with E-state index in [1.165, 1.54) is 0 Å². The Morgan fingerprint density at radius 3 is 3.09 bits per heavy atom. The summed E-state index contributed by atoms with van der Waals surface area (Å²) in [5.41, 5.74) is 1.40. The first-order chi connectivity index (χ1) is 5.27. The minimum Gasteiger partial charge on any atom is -0.366 e. The molecule has 11 heavy (non-hydrogen) atoms. The molecule has 1 aromatic heterocycles. The van der Waals surface area contributed by atoms with E-state index in [1.54, 1.807) is 13.0 Å². The number of azo groups is 1. The van der Waals surface area contributed by atoms with Crippen molar-refractivity contribution in [1.29, 1.82) is 0 Å². The Bertz CT molecular complexity index is 322. The standard InChI is InChI=1S/C6H6N4O/c1-3-2-4-5(8-7-3)9-10-6(4)11/h2,6,11H,1H3. The summed E-state index contributed by atoms with van der Waals surface area (Å²) >= 11 is 0. The Morgan fingerprint density at radius 1 is 1.45 bits per heavy atom. The summed E-state index contributed by atoms with van der Waals surface area (Å²) < 4.78 is 0. The molecule has 5 heteroatoms. The highest BCUT2D eigenvalue weighted by molar-refractivity contribution is 5.41. The number of aliphatic hydroxyl groups is 1. The van der Waals surface area contributed by atoms with Crippen LogP contribution in [0.4, 0.5) is 5.82 Å². The fourth-order valence-electron chi connectivity index (χ4n) is 0.942. The lowest BCUT2D eigenvalue weighted by Crippen LogP contribution is -1.93. The molecule has 0 aliphatic carbocycles. The van der Waals surface area contributed by atoms with E-state index >= 15 is 0 Å². The second-order valence-corrected chi connectivity index (χ2v) is 2.35. The van der Waals surface area contributed by atoms with Crippen molar-refractivity contribution in [2.75, 3.05) is 0 Å². The number of aromatic nitrogens is 2. The van der Waals surface area contributed by atoms with Crippen LogP contribution >= 0.6 is 0 Å². The van der Waals surface area contributed by atoms with E-state index in [0.717, 1.165) is 5.69 Å². The molecule has 0 saturated heterocycles. The van der Waals surface area contributed by atoms with Crippen molar-refractivity contribution in [2.45, 2.75) is 13.2 Å². The molecule has 2 heterocycles. The number of aryl methyl sites for hydroxylation is 1. The highest BCUT2D eigenvalue weighted by atomic mass is 16.3. The topological polar surface area (TPSA) is 70.7 Å². The molecule has 1 aromatic rings. The molecule has 1 aliphatic heterocycles. The minimum atomic E-state index is -0.848. The molecule has 5 nitrogen and oxygen atoms in total. The molecule has 56 valence electrons. The Balaban J connectivity index is 2.58. The van der Waals surface area contributed by atoms with Crippen molar-refractivity contribution in [3.63, 3.8) is 0 Å². The Labute approximate surface area is 62.8 Å². The molecular weight excluding hydrogens is 144 g/mol. The van der Waals surface area contributed by atoms with Crippen LogP contribution in [0.15, 0.2) is 16.3 Å². The van der Waals surface area contributed by atoms with Crippen LogP contribution in [-0.2, 0) is 0 Å². The molecule has 2 rings (SSSR count). The van der Waals surface area contributed by atoms with Gasteiger partial charge in [0.2, 0.25) is 5.82 Å². The van der Waals surface area contributed by atoms with Crippen molar-refractivity contribution in [3.8, 4) is 0 Å². The molecule has 1 aliphatic rings. The van der Waals surface area contributed by atoms with Crippen LogP contribution in [0, 0.1) is 6.92 Å². The van der Waals surface area contributed by atoms with Gasteiger partial charge >= 0.3 is 0 Å². The maximum absolute atomic E-state index is 9.18. The third-order valence-electron chi connectivity index (χ3n) is 1.47. The van der Waals surface area contributed by atoms with Gasteiger partial charge in [0.05, 0.1) is 11.3 Å². The molecule has 0 amide bonds.